The Kier molecular flexibility index (Phi) is 3.78. The van der Waals surface area contributed by atoms with Gasteiger partial charge in [-0.2, -0.15) is 0 Å². The first-order chi connectivity index (χ1) is 9.08. The number of fused-ring (bicyclic) bond motifs is 1. The minimum Gasteiger partial charge on any atom is -0.496 e. The molecule has 19 heavy (non-hydrogen) atoms. The summed E-state index contributed by atoms with van der Waals surface area (Å²) in [6.07, 6.45) is -2.76. The fourth-order valence-electron chi connectivity index (χ4n) is 1.91. The Bertz CT molecular complexity index is 602. The van der Waals surface area contributed by atoms with Crippen LogP contribution in [0, 0.1) is 5.82 Å². The summed E-state index contributed by atoms with van der Waals surface area (Å²) in [5.74, 6) is -0.266. The van der Waals surface area contributed by atoms with Gasteiger partial charge in [-0.15, -0.1) is 0 Å². The lowest BCUT2D eigenvalue weighted by atomic mass is 10.1. The van der Waals surface area contributed by atoms with E-state index in [1.165, 1.54) is 19.2 Å². The summed E-state index contributed by atoms with van der Waals surface area (Å²) in [6.45, 7) is 2.33. The number of hydrogen-bond acceptors (Lipinski definition) is 3. The SMILES string of the molecule is CCNc1cc(C(F)F)nc2c(F)ccc(OC)c12. The van der Waals surface area contributed by atoms with Gasteiger partial charge in [-0.1, -0.05) is 0 Å². The zero-order valence-electron chi connectivity index (χ0n) is 10.5. The molecule has 0 amide bonds. The van der Waals surface area contributed by atoms with Gasteiger partial charge in [0, 0.05) is 12.2 Å². The van der Waals surface area contributed by atoms with Gasteiger partial charge in [0.25, 0.3) is 6.43 Å². The lowest BCUT2D eigenvalue weighted by Gasteiger charge is -2.13. The van der Waals surface area contributed by atoms with E-state index in [0.717, 1.165) is 6.07 Å². The van der Waals surface area contributed by atoms with Crippen molar-refractivity contribution >= 4 is 16.6 Å². The monoisotopic (exact) mass is 270 g/mol. The molecule has 0 bridgehead atoms. The van der Waals surface area contributed by atoms with E-state index >= 15 is 0 Å². The number of nitrogens with one attached hydrogen (secondary N) is 1. The van der Waals surface area contributed by atoms with Crippen LogP contribution in [0.15, 0.2) is 18.2 Å². The van der Waals surface area contributed by atoms with Crippen molar-refractivity contribution in [2.75, 3.05) is 19.0 Å². The van der Waals surface area contributed by atoms with E-state index < -0.39 is 17.9 Å². The molecule has 3 nitrogen and oxygen atoms in total. The summed E-state index contributed by atoms with van der Waals surface area (Å²) in [4.78, 5) is 3.68. The smallest absolute Gasteiger partial charge is 0.280 e. The Morgan fingerprint density at radius 3 is 2.68 bits per heavy atom. The lowest BCUT2D eigenvalue weighted by molar-refractivity contribution is 0.146. The normalized spacial score (nSPS) is 11.1. The molecular formula is C13H13F3N2O. The number of alkyl halides is 2. The predicted octanol–water partition coefficient (Wildman–Crippen LogP) is 3.75. The largest absolute Gasteiger partial charge is 0.496 e. The van der Waals surface area contributed by atoms with Crippen LogP contribution >= 0.6 is 0 Å². The summed E-state index contributed by atoms with van der Waals surface area (Å²) < 4.78 is 44.5. The van der Waals surface area contributed by atoms with E-state index in [2.05, 4.69) is 10.3 Å². The molecule has 0 unspecified atom stereocenters. The molecule has 0 radical (unpaired) electrons. The van der Waals surface area contributed by atoms with Gasteiger partial charge in [-0.05, 0) is 25.1 Å². The summed E-state index contributed by atoms with van der Waals surface area (Å²) in [6, 6.07) is 3.82. The van der Waals surface area contributed by atoms with Gasteiger partial charge >= 0.3 is 0 Å². The van der Waals surface area contributed by atoms with E-state index in [1.54, 1.807) is 0 Å². The lowest BCUT2D eigenvalue weighted by Crippen LogP contribution is -2.03. The van der Waals surface area contributed by atoms with E-state index in [4.69, 9.17) is 4.74 Å². The number of rotatable bonds is 4. The molecule has 0 atom stereocenters. The van der Waals surface area contributed by atoms with Crippen LogP contribution in [-0.4, -0.2) is 18.6 Å². The molecule has 2 aromatic rings. The third-order valence-electron chi connectivity index (χ3n) is 2.70. The molecule has 102 valence electrons. The number of hydrogen-bond donors (Lipinski definition) is 1. The molecule has 0 fully saturated rings. The number of nitrogens with zero attached hydrogens (tertiary/aromatic N) is 1. The fraction of sp³-hybridized carbons (Fsp3) is 0.308. The second-order valence-corrected chi connectivity index (χ2v) is 3.90. The van der Waals surface area contributed by atoms with Crippen molar-refractivity contribution in [2.45, 2.75) is 13.3 Å². The van der Waals surface area contributed by atoms with Gasteiger partial charge in [0.05, 0.1) is 12.5 Å². The number of aromatic nitrogens is 1. The van der Waals surface area contributed by atoms with Crippen molar-refractivity contribution in [1.82, 2.24) is 4.98 Å². The molecule has 1 N–H and O–H groups in total. The number of methoxy groups -OCH3 is 1. The topological polar surface area (TPSA) is 34.2 Å². The van der Waals surface area contributed by atoms with Gasteiger partial charge in [-0.3, -0.25) is 0 Å². The molecule has 1 aromatic carbocycles. The van der Waals surface area contributed by atoms with Gasteiger partial charge in [0.1, 0.15) is 22.8 Å². The van der Waals surface area contributed by atoms with Gasteiger partial charge in [-0.25, -0.2) is 18.2 Å². The average molecular weight is 270 g/mol. The maximum Gasteiger partial charge on any atom is 0.280 e. The Balaban J connectivity index is 2.81. The summed E-state index contributed by atoms with van der Waals surface area (Å²) >= 11 is 0. The van der Waals surface area contributed by atoms with Crippen molar-refractivity contribution < 1.29 is 17.9 Å². The van der Waals surface area contributed by atoms with Crippen LogP contribution in [0.3, 0.4) is 0 Å². The molecule has 6 heteroatoms. The molecule has 1 heterocycles. The average Bonchev–Trinajstić information content (AvgIpc) is 2.39. The van der Waals surface area contributed by atoms with Crippen molar-refractivity contribution in [1.29, 1.82) is 0 Å². The van der Waals surface area contributed by atoms with E-state index in [1.807, 2.05) is 6.92 Å². The van der Waals surface area contributed by atoms with Crippen LogP contribution < -0.4 is 10.1 Å². The van der Waals surface area contributed by atoms with E-state index in [9.17, 15) is 13.2 Å². The van der Waals surface area contributed by atoms with Crippen molar-refractivity contribution in [3.63, 3.8) is 0 Å². The second-order valence-electron chi connectivity index (χ2n) is 3.90. The molecule has 2 rings (SSSR count). The van der Waals surface area contributed by atoms with Gasteiger partial charge in [0.15, 0.2) is 0 Å². The van der Waals surface area contributed by atoms with Crippen LogP contribution in [0.5, 0.6) is 5.75 Å². The van der Waals surface area contributed by atoms with Crippen LogP contribution in [0.1, 0.15) is 19.0 Å². The second kappa shape index (κ2) is 5.34. The Morgan fingerprint density at radius 2 is 2.11 bits per heavy atom. The number of halogens is 3. The molecule has 0 aliphatic carbocycles. The number of anilines is 1. The highest BCUT2D eigenvalue weighted by Crippen LogP contribution is 2.35. The van der Waals surface area contributed by atoms with Gasteiger partial charge < -0.3 is 10.1 Å². The standard InChI is InChI=1S/C13H13F3N2O/c1-3-17-8-6-9(13(15)16)18-12-7(14)4-5-10(19-2)11(8)12/h4-6,13H,3H2,1-2H3,(H,17,18). The zero-order chi connectivity index (χ0) is 14.0. The summed E-state index contributed by atoms with van der Waals surface area (Å²) in [7, 11) is 1.43. The van der Waals surface area contributed by atoms with Crippen LogP contribution in [0.4, 0.5) is 18.9 Å². The molecule has 1 aromatic heterocycles. The predicted molar refractivity (Wildman–Crippen MR) is 67.4 cm³/mol. The molecule has 0 saturated carbocycles. The molecule has 0 aliphatic heterocycles. The first-order valence-electron chi connectivity index (χ1n) is 5.77. The maximum absolute atomic E-state index is 13.8. The van der Waals surface area contributed by atoms with Crippen LogP contribution in [0.2, 0.25) is 0 Å². The van der Waals surface area contributed by atoms with Crippen LogP contribution in [0.25, 0.3) is 10.9 Å². The van der Waals surface area contributed by atoms with Crippen molar-refractivity contribution in [2.24, 2.45) is 0 Å². The first-order valence-corrected chi connectivity index (χ1v) is 5.77. The molecular weight excluding hydrogens is 257 g/mol. The highest BCUT2D eigenvalue weighted by molar-refractivity contribution is 5.97. The molecule has 0 saturated heterocycles. The van der Waals surface area contributed by atoms with Crippen molar-refractivity contribution in [3.8, 4) is 5.75 Å². The number of benzene rings is 1. The van der Waals surface area contributed by atoms with Gasteiger partial charge in [0.2, 0.25) is 0 Å². The first kappa shape index (κ1) is 13.5. The Hall–Kier alpha value is -1.98. The molecule has 0 aliphatic rings. The third kappa shape index (κ3) is 2.43. The summed E-state index contributed by atoms with van der Waals surface area (Å²) in [5, 5.41) is 3.30. The number of pyridine rings is 1. The van der Waals surface area contributed by atoms with E-state index in [-0.39, 0.29) is 5.52 Å². The Labute approximate surface area is 108 Å². The minimum absolute atomic E-state index is 0.117. The maximum atomic E-state index is 13.8. The quantitative estimate of drug-likeness (QED) is 0.918. The zero-order valence-corrected chi connectivity index (χ0v) is 10.5. The fourth-order valence-corrected chi connectivity index (χ4v) is 1.91. The highest BCUT2D eigenvalue weighted by atomic mass is 19.3. The molecule has 0 spiro atoms. The van der Waals surface area contributed by atoms with E-state index in [0.29, 0.717) is 23.4 Å². The highest BCUT2D eigenvalue weighted by Gasteiger charge is 2.18. The van der Waals surface area contributed by atoms with Crippen molar-refractivity contribution in [3.05, 3.63) is 29.7 Å². The summed E-state index contributed by atoms with van der Waals surface area (Å²) in [5.41, 5.74) is -0.192. The minimum atomic E-state index is -2.76. The number of ether oxygens (including phenoxy) is 1. The third-order valence-corrected chi connectivity index (χ3v) is 2.70. The Morgan fingerprint density at radius 1 is 1.37 bits per heavy atom. The van der Waals surface area contributed by atoms with Crippen LogP contribution in [-0.2, 0) is 0 Å².